The van der Waals surface area contributed by atoms with Crippen LogP contribution in [0.5, 0.6) is 17.2 Å². The van der Waals surface area contributed by atoms with Gasteiger partial charge in [0.05, 0.1) is 41.9 Å². The molecule has 328 valence electrons. The Labute approximate surface area is 342 Å². The van der Waals surface area contributed by atoms with Gasteiger partial charge in [0.25, 0.3) is 0 Å². The first-order valence-corrected chi connectivity index (χ1v) is 19.1. The monoisotopic (exact) mass is 863 g/mol. The Balaban J connectivity index is 0.000000837. The molecule has 1 atom stereocenters. The largest absolute Gasteiger partial charge is 0.864 e. The third-order valence-corrected chi connectivity index (χ3v) is 9.44. The Morgan fingerprint density at radius 3 is 1.25 bits per heavy atom. The van der Waals surface area contributed by atoms with Gasteiger partial charge in [0, 0.05) is 0 Å². The van der Waals surface area contributed by atoms with E-state index in [1.165, 1.54) is 12.1 Å². The Morgan fingerprint density at radius 2 is 0.917 bits per heavy atom. The molecule has 0 bridgehead atoms. The molecule has 0 heterocycles. The van der Waals surface area contributed by atoms with E-state index >= 15 is 0 Å². The van der Waals surface area contributed by atoms with E-state index in [4.69, 9.17) is 14.0 Å². The Hall–Kier alpha value is -4.80. The summed E-state index contributed by atoms with van der Waals surface area (Å²) < 4.78 is 175. The number of nitrogens with zero attached hydrogens (tertiary/aromatic N) is 1. The van der Waals surface area contributed by atoms with Crippen LogP contribution in [0, 0.1) is 6.07 Å². The third-order valence-electron chi connectivity index (χ3n) is 9.44. The number of halogens is 12. The number of rotatable bonds is 18. The zero-order chi connectivity index (χ0) is 44.8. The molecule has 4 aromatic rings. The van der Waals surface area contributed by atoms with Crippen molar-refractivity contribution in [2.45, 2.75) is 90.0 Å². The Morgan fingerprint density at radius 1 is 0.550 bits per heavy atom. The van der Waals surface area contributed by atoms with E-state index in [1.807, 2.05) is 20.8 Å². The van der Waals surface area contributed by atoms with Gasteiger partial charge in [-0.3, -0.25) is 0 Å². The second-order valence-corrected chi connectivity index (χ2v) is 13.9. The number of hydrogen-bond acceptors (Lipinski definition) is 3. The van der Waals surface area contributed by atoms with Gasteiger partial charge in [-0.1, -0.05) is 52.2 Å². The summed E-state index contributed by atoms with van der Waals surface area (Å²) in [5.74, 6) is -0.413. The zero-order valence-electron chi connectivity index (χ0n) is 33.2. The molecule has 4 rings (SSSR count). The van der Waals surface area contributed by atoms with Crippen LogP contribution in [0.1, 0.15) is 93.2 Å². The van der Waals surface area contributed by atoms with Gasteiger partial charge in [-0.05, 0) is 92.1 Å². The second-order valence-electron chi connectivity index (χ2n) is 13.9. The summed E-state index contributed by atoms with van der Waals surface area (Å²) in [6.45, 7) is 12.1. The van der Waals surface area contributed by atoms with Crippen LogP contribution in [0.2, 0.25) is 0 Å². The molecule has 4 aromatic carbocycles. The average Bonchev–Trinajstić information content (AvgIpc) is 3.18. The van der Waals surface area contributed by atoms with Crippen LogP contribution in [-0.4, -0.2) is 31.4 Å². The second kappa shape index (κ2) is 21.6. The van der Waals surface area contributed by atoms with Crippen LogP contribution in [0.4, 0.5) is 52.7 Å². The normalized spacial score (nSPS) is 12.8. The molecule has 0 aliphatic rings. The predicted molar refractivity (Wildman–Crippen MR) is 205 cm³/mol. The van der Waals surface area contributed by atoms with Crippen molar-refractivity contribution >= 4 is 7.32 Å². The SMILES string of the molecule is C=CC(c1cc(C(F)(F)F)ccc1OB(Oc1ccc(C(F)(F)F)cc1)Oc1ccc(C(F)(F)F)cc1)[N+](CCCC)(CCCC)CCCC.FC(F)(F)c1cc[c-]cc1. The maximum absolute atomic E-state index is 14.2. The lowest BCUT2D eigenvalue weighted by atomic mass is 9.95. The number of alkyl halides is 12. The van der Waals surface area contributed by atoms with Crippen molar-refractivity contribution in [3.63, 3.8) is 0 Å². The molecule has 60 heavy (non-hydrogen) atoms. The predicted octanol–water partition coefficient (Wildman–Crippen LogP) is 14.2. The third kappa shape index (κ3) is 14.7. The van der Waals surface area contributed by atoms with Crippen molar-refractivity contribution in [2.75, 3.05) is 19.6 Å². The van der Waals surface area contributed by atoms with Gasteiger partial charge < -0.3 is 18.4 Å². The van der Waals surface area contributed by atoms with Crippen LogP contribution in [0.25, 0.3) is 0 Å². The molecule has 0 aromatic heterocycles. The van der Waals surface area contributed by atoms with Crippen molar-refractivity contribution in [3.8, 4) is 17.2 Å². The Bertz CT molecular complexity index is 1800. The maximum Gasteiger partial charge on any atom is 0.864 e. The van der Waals surface area contributed by atoms with Gasteiger partial charge in [-0.25, -0.2) is 0 Å². The van der Waals surface area contributed by atoms with Crippen molar-refractivity contribution < 1.29 is 71.1 Å². The highest BCUT2D eigenvalue weighted by atomic mass is 19.4. The number of unbranched alkanes of at least 4 members (excludes halogenated alkanes) is 3. The molecule has 0 aliphatic carbocycles. The minimum absolute atomic E-state index is 0.0845. The summed E-state index contributed by atoms with van der Waals surface area (Å²) in [7, 11) is -1.85. The first-order chi connectivity index (χ1) is 28.1. The van der Waals surface area contributed by atoms with Crippen LogP contribution in [0.15, 0.2) is 104 Å². The van der Waals surface area contributed by atoms with E-state index < -0.39 is 60.3 Å². The maximum atomic E-state index is 14.2. The van der Waals surface area contributed by atoms with Crippen LogP contribution >= 0.6 is 0 Å². The van der Waals surface area contributed by atoms with Crippen LogP contribution in [0.3, 0.4) is 0 Å². The summed E-state index contributed by atoms with van der Waals surface area (Å²) in [6, 6.07) is 16.2. The summed E-state index contributed by atoms with van der Waals surface area (Å²) in [5, 5.41) is 0. The molecule has 0 N–H and O–H groups in total. The van der Waals surface area contributed by atoms with E-state index in [-0.39, 0.29) is 22.8 Å². The molecule has 0 fully saturated rings. The van der Waals surface area contributed by atoms with Crippen molar-refractivity contribution in [2.24, 2.45) is 0 Å². The first-order valence-electron chi connectivity index (χ1n) is 19.1. The topological polar surface area (TPSA) is 27.7 Å². The standard InChI is InChI=1S/C36H42BF9NO3.C7H4F3/c1-5-9-22-47(23-10-6-2,24-11-7-3)32(8-4)31-25-28(36(44,45)46)16-21-33(31)50-37(48-29-17-12-26(13-18-29)34(38,39)40)49-30-19-14-27(15-20-30)35(41,42)43;8-7(9,10)6-4-2-1-3-5-6/h8,12-21,25,32H,4-7,9-11,22-24H2,1-3H3;2-5H/q+1;-1. The van der Waals surface area contributed by atoms with E-state index in [1.54, 1.807) is 6.08 Å². The lowest BCUT2D eigenvalue weighted by Crippen LogP contribution is -2.52. The fraction of sp³-hybridized carbons (Fsp3) is 0.395. The molecule has 0 saturated heterocycles. The molecule has 17 heteroatoms. The van der Waals surface area contributed by atoms with E-state index in [9.17, 15) is 52.7 Å². The number of quaternary nitrogens is 1. The minimum Gasteiger partial charge on any atom is -0.490 e. The molecule has 0 spiro atoms. The van der Waals surface area contributed by atoms with E-state index in [0.717, 1.165) is 117 Å². The Kier molecular flexibility index (Phi) is 17.9. The minimum atomic E-state index is -4.71. The molecular weight excluding hydrogens is 817 g/mol. The fourth-order valence-corrected chi connectivity index (χ4v) is 6.30. The smallest absolute Gasteiger partial charge is 0.490 e. The van der Waals surface area contributed by atoms with Gasteiger partial charge in [-0.2, -0.15) is 83.0 Å². The quantitative estimate of drug-likeness (QED) is 0.0328. The van der Waals surface area contributed by atoms with Gasteiger partial charge in [0.2, 0.25) is 0 Å². The highest BCUT2D eigenvalue weighted by Gasteiger charge is 2.41. The average molecular weight is 864 g/mol. The fourth-order valence-electron chi connectivity index (χ4n) is 6.30. The van der Waals surface area contributed by atoms with Crippen molar-refractivity contribution in [3.05, 3.63) is 138 Å². The summed E-state index contributed by atoms with van der Waals surface area (Å²) in [4.78, 5) is 0. The lowest BCUT2D eigenvalue weighted by molar-refractivity contribution is -0.951. The van der Waals surface area contributed by atoms with Crippen molar-refractivity contribution in [1.82, 2.24) is 0 Å². The zero-order valence-corrected chi connectivity index (χ0v) is 33.2. The molecule has 4 nitrogen and oxygen atoms in total. The summed E-state index contributed by atoms with van der Waals surface area (Å²) in [6.07, 6.45) is -11.7. The molecular formula is C43H46BF12NO3. The lowest BCUT2D eigenvalue weighted by Gasteiger charge is -2.45. The summed E-state index contributed by atoms with van der Waals surface area (Å²) in [5.41, 5.74) is -3.37. The first kappa shape index (κ1) is 49.6. The number of hydrogen-bond donors (Lipinski definition) is 0. The van der Waals surface area contributed by atoms with Gasteiger partial charge in [-0.15, -0.1) is 0 Å². The number of benzene rings is 4. The van der Waals surface area contributed by atoms with Crippen molar-refractivity contribution in [1.29, 1.82) is 0 Å². The van der Waals surface area contributed by atoms with Gasteiger partial charge >= 0.3 is 32.0 Å². The van der Waals surface area contributed by atoms with Gasteiger partial charge in [0.1, 0.15) is 23.3 Å². The highest BCUT2D eigenvalue weighted by Crippen LogP contribution is 2.42. The van der Waals surface area contributed by atoms with Gasteiger partial charge in [0.15, 0.2) is 0 Å². The van der Waals surface area contributed by atoms with Crippen LogP contribution < -0.4 is 14.0 Å². The van der Waals surface area contributed by atoms with E-state index in [0.29, 0.717) is 24.1 Å². The molecule has 0 radical (unpaired) electrons. The van der Waals surface area contributed by atoms with E-state index in [2.05, 4.69) is 12.6 Å². The molecule has 0 aliphatic heterocycles. The van der Waals surface area contributed by atoms with Crippen LogP contribution in [-0.2, 0) is 24.7 Å². The molecule has 0 amide bonds. The molecule has 0 saturated carbocycles. The molecule has 1 unspecified atom stereocenters. The summed E-state index contributed by atoms with van der Waals surface area (Å²) >= 11 is 0. The highest BCUT2D eigenvalue weighted by molar-refractivity contribution is 6.39.